The maximum absolute atomic E-state index is 13.6. The fourth-order valence-electron chi connectivity index (χ4n) is 3.64. The number of fused-ring (bicyclic) bond motifs is 1. The second kappa shape index (κ2) is 4.32. The van der Waals surface area contributed by atoms with E-state index in [2.05, 4.69) is 4.98 Å². The highest BCUT2D eigenvalue weighted by atomic mass is 19.1. The number of allylic oxidation sites excluding steroid dienone is 1. The topological polar surface area (TPSA) is 58.4 Å². The third kappa shape index (κ3) is 1.90. The Morgan fingerprint density at radius 2 is 2.14 bits per heavy atom. The minimum Gasteiger partial charge on any atom is -0.465 e. The third-order valence-electron chi connectivity index (χ3n) is 4.67. The van der Waals surface area contributed by atoms with Crippen molar-refractivity contribution in [1.82, 2.24) is 14.5 Å². The van der Waals surface area contributed by atoms with Crippen LogP contribution in [0.25, 0.3) is 17.1 Å². The summed E-state index contributed by atoms with van der Waals surface area (Å²) in [6.07, 6.45) is 4.50. The van der Waals surface area contributed by atoms with Gasteiger partial charge >= 0.3 is 6.09 Å². The van der Waals surface area contributed by atoms with Crippen molar-refractivity contribution >= 4 is 23.2 Å². The molecule has 1 aliphatic heterocycles. The van der Waals surface area contributed by atoms with Gasteiger partial charge in [0.25, 0.3) is 0 Å². The first kappa shape index (κ1) is 13.3. The largest absolute Gasteiger partial charge is 0.465 e. The number of halogens is 1. The van der Waals surface area contributed by atoms with Crippen LogP contribution in [0, 0.1) is 11.2 Å². The fraction of sp³-hybridized carbons (Fsp3) is 0.375. The molecule has 2 aliphatic rings. The van der Waals surface area contributed by atoms with E-state index >= 15 is 0 Å². The molecule has 0 radical (unpaired) electrons. The summed E-state index contributed by atoms with van der Waals surface area (Å²) in [7, 11) is 1.78. The molecule has 1 N–H and O–H groups in total. The Kier molecular flexibility index (Phi) is 2.61. The zero-order valence-corrected chi connectivity index (χ0v) is 12.2. The van der Waals surface area contributed by atoms with Crippen LogP contribution in [0.2, 0.25) is 0 Å². The highest BCUT2D eigenvalue weighted by molar-refractivity contribution is 5.78. The van der Waals surface area contributed by atoms with E-state index in [9.17, 15) is 9.18 Å². The third-order valence-corrected chi connectivity index (χ3v) is 4.67. The van der Waals surface area contributed by atoms with Crippen LogP contribution >= 0.6 is 0 Å². The first-order chi connectivity index (χ1) is 10.5. The van der Waals surface area contributed by atoms with Crippen LogP contribution in [-0.4, -0.2) is 38.7 Å². The van der Waals surface area contributed by atoms with Crippen LogP contribution in [-0.2, 0) is 7.05 Å². The van der Waals surface area contributed by atoms with Crippen LogP contribution in [0.1, 0.15) is 18.5 Å². The van der Waals surface area contributed by atoms with E-state index in [0.717, 1.165) is 18.5 Å². The summed E-state index contributed by atoms with van der Waals surface area (Å²) in [5.74, 6) is -0.255. The number of aryl methyl sites for hydroxylation is 1. The van der Waals surface area contributed by atoms with Gasteiger partial charge in [-0.1, -0.05) is 5.57 Å². The highest BCUT2D eigenvalue weighted by Crippen LogP contribution is 2.52. The van der Waals surface area contributed by atoms with Gasteiger partial charge in [-0.3, -0.25) is 0 Å². The molecular formula is C16H16FN3O2. The van der Waals surface area contributed by atoms with Gasteiger partial charge in [0.2, 0.25) is 0 Å². The summed E-state index contributed by atoms with van der Waals surface area (Å²) in [5.41, 5.74) is 2.91. The molecule has 2 fully saturated rings. The first-order valence-electron chi connectivity index (χ1n) is 7.25. The standard InChI is InChI=1S/C16H16FN3O2/c1-19-7-13(17)12-3-2-11(18-14(12)19)4-10-5-16(6-10)8-20(9-16)15(21)22/h2-4,7H,5-6,8-9H2,1H3,(H,21,22). The van der Waals surface area contributed by atoms with E-state index in [1.165, 1.54) is 16.7 Å². The Bertz CT molecular complexity index is 808. The molecule has 1 spiro atoms. The second-order valence-electron chi connectivity index (χ2n) is 6.49. The van der Waals surface area contributed by atoms with E-state index < -0.39 is 6.09 Å². The lowest BCUT2D eigenvalue weighted by Crippen LogP contribution is -2.61. The molecule has 2 aromatic rings. The number of aromatic nitrogens is 2. The van der Waals surface area contributed by atoms with Crippen LogP contribution in [0.3, 0.4) is 0 Å². The number of likely N-dealkylation sites (tertiary alicyclic amines) is 1. The smallest absolute Gasteiger partial charge is 0.407 e. The number of hydrogen-bond acceptors (Lipinski definition) is 2. The zero-order valence-electron chi connectivity index (χ0n) is 12.2. The summed E-state index contributed by atoms with van der Waals surface area (Å²) in [5, 5.41) is 9.42. The second-order valence-corrected chi connectivity index (χ2v) is 6.49. The van der Waals surface area contributed by atoms with E-state index in [-0.39, 0.29) is 11.2 Å². The highest BCUT2D eigenvalue weighted by Gasteiger charge is 2.51. The molecule has 1 amide bonds. The molecule has 4 rings (SSSR count). The van der Waals surface area contributed by atoms with Gasteiger partial charge in [0.15, 0.2) is 0 Å². The average Bonchev–Trinajstić information content (AvgIpc) is 2.65. The zero-order chi connectivity index (χ0) is 15.5. The molecule has 0 unspecified atom stereocenters. The number of carboxylic acid groups (broad SMARTS) is 1. The summed E-state index contributed by atoms with van der Waals surface area (Å²) in [6, 6.07) is 3.59. The lowest BCUT2D eigenvalue weighted by atomic mass is 9.60. The molecule has 0 aromatic carbocycles. The van der Waals surface area contributed by atoms with Gasteiger partial charge in [0.1, 0.15) is 11.5 Å². The molecule has 3 heterocycles. The number of hydrogen-bond donors (Lipinski definition) is 1. The number of carbonyl (C=O) groups is 1. The minimum atomic E-state index is -0.832. The molecule has 2 aromatic heterocycles. The minimum absolute atomic E-state index is 0.158. The van der Waals surface area contributed by atoms with Gasteiger partial charge in [-0.05, 0) is 31.1 Å². The van der Waals surface area contributed by atoms with Crippen LogP contribution in [0.5, 0.6) is 0 Å². The maximum Gasteiger partial charge on any atom is 0.407 e. The molecule has 0 atom stereocenters. The molecule has 1 aliphatic carbocycles. The van der Waals surface area contributed by atoms with Gasteiger partial charge in [0.05, 0.1) is 11.1 Å². The van der Waals surface area contributed by atoms with Gasteiger partial charge in [-0.25, -0.2) is 14.2 Å². The lowest BCUT2D eigenvalue weighted by Gasteiger charge is -2.55. The van der Waals surface area contributed by atoms with E-state index in [1.807, 2.05) is 12.1 Å². The number of amides is 1. The van der Waals surface area contributed by atoms with E-state index in [0.29, 0.717) is 24.1 Å². The van der Waals surface area contributed by atoms with Crippen molar-refractivity contribution in [3.63, 3.8) is 0 Å². The van der Waals surface area contributed by atoms with Gasteiger partial charge in [-0.15, -0.1) is 0 Å². The van der Waals surface area contributed by atoms with Crippen molar-refractivity contribution in [1.29, 1.82) is 0 Å². The predicted octanol–water partition coefficient (Wildman–Crippen LogP) is 2.87. The number of nitrogens with zero attached hydrogens (tertiary/aromatic N) is 3. The van der Waals surface area contributed by atoms with Gasteiger partial charge in [-0.2, -0.15) is 0 Å². The fourth-order valence-corrected chi connectivity index (χ4v) is 3.64. The predicted molar refractivity (Wildman–Crippen MR) is 79.9 cm³/mol. The number of pyridine rings is 1. The Morgan fingerprint density at radius 1 is 1.41 bits per heavy atom. The van der Waals surface area contributed by atoms with Crippen LogP contribution in [0.15, 0.2) is 23.9 Å². The quantitative estimate of drug-likeness (QED) is 0.881. The Morgan fingerprint density at radius 3 is 2.82 bits per heavy atom. The summed E-state index contributed by atoms with van der Waals surface area (Å²) in [6.45, 7) is 1.27. The normalized spacial score (nSPS) is 19.2. The molecule has 114 valence electrons. The SMILES string of the molecule is Cn1cc(F)c2ccc(C=C3CC4(C3)CN(C(=O)O)C4)nc21. The van der Waals surface area contributed by atoms with Gasteiger partial charge in [0, 0.05) is 31.7 Å². The summed E-state index contributed by atoms with van der Waals surface area (Å²) >= 11 is 0. The van der Waals surface area contributed by atoms with Gasteiger partial charge < -0.3 is 14.6 Å². The lowest BCUT2D eigenvalue weighted by molar-refractivity contribution is -0.0162. The van der Waals surface area contributed by atoms with E-state index in [1.54, 1.807) is 17.7 Å². The number of rotatable bonds is 1. The molecule has 5 nitrogen and oxygen atoms in total. The Hall–Kier alpha value is -2.37. The Balaban J connectivity index is 1.51. The summed E-state index contributed by atoms with van der Waals surface area (Å²) < 4.78 is 15.3. The van der Waals surface area contributed by atoms with E-state index in [4.69, 9.17) is 5.11 Å². The molecule has 1 saturated heterocycles. The van der Waals surface area contributed by atoms with Crippen molar-refractivity contribution in [2.24, 2.45) is 12.5 Å². The average molecular weight is 301 g/mol. The Labute approximate surface area is 126 Å². The molecule has 22 heavy (non-hydrogen) atoms. The van der Waals surface area contributed by atoms with Crippen LogP contribution < -0.4 is 0 Å². The van der Waals surface area contributed by atoms with Crippen molar-refractivity contribution in [2.75, 3.05) is 13.1 Å². The monoisotopic (exact) mass is 301 g/mol. The molecule has 6 heteroatoms. The van der Waals surface area contributed by atoms with Crippen molar-refractivity contribution < 1.29 is 14.3 Å². The van der Waals surface area contributed by atoms with Crippen LogP contribution in [0.4, 0.5) is 9.18 Å². The first-order valence-corrected chi connectivity index (χ1v) is 7.25. The molecule has 0 bridgehead atoms. The summed E-state index contributed by atoms with van der Waals surface area (Å²) in [4.78, 5) is 16.8. The maximum atomic E-state index is 13.6. The van der Waals surface area contributed by atoms with Crippen molar-refractivity contribution in [2.45, 2.75) is 12.8 Å². The molecular weight excluding hydrogens is 285 g/mol. The molecule has 1 saturated carbocycles. The van der Waals surface area contributed by atoms with Crippen molar-refractivity contribution in [3.05, 3.63) is 35.4 Å². The van der Waals surface area contributed by atoms with Crippen molar-refractivity contribution in [3.8, 4) is 0 Å².